The summed E-state index contributed by atoms with van der Waals surface area (Å²) in [5.41, 5.74) is 10.6. The minimum atomic E-state index is 0.629. The van der Waals surface area contributed by atoms with E-state index in [0.717, 1.165) is 114 Å². The molecule has 0 saturated heterocycles. The molecule has 0 saturated carbocycles. The number of hydrogen-bond acceptors (Lipinski definition) is 5. The normalized spacial score (nSPS) is 12.3. The van der Waals surface area contributed by atoms with Gasteiger partial charge in [-0.15, -0.1) is 11.3 Å². The third kappa shape index (κ3) is 4.40. The largest absolute Gasteiger partial charge is 0.456 e. The van der Waals surface area contributed by atoms with Crippen LogP contribution in [0, 0.1) is 0 Å². The second-order valence-corrected chi connectivity index (χ2v) is 16.7. The van der Waals surface area contributed by atoms with E-state index < -0.39 is 0 Å². The molecule has 60 heavy (non-hydrogen) atoms. The monoisotopic (exact) mass is 783 g/mol. The van der Waals surface area contributed by atoms with Crippen LogP contribution in [0.4, 0.5) is 0 Å². The predicted octanol–water partition coefficient (Wildman–Crippen LogP) is 15.4. The van der Waals surface area contributed by atoms with Crippen LogP contribution in [0.3, 0.4) is 0 Å². The molecule has 0 N–H and O–H groups in total. The van der Waals surface area contributed by atoms with E-state index in [4.69, 9.17) is 18.8 Å². The average molecular weight is 784 g/mol. The molecule has 0 aliphatic rings. The van der Waals surface area contributed by atoms with Gasteiger partial charge < -0.3 is 8.83 Å². The highest BCUT2D eigenvalue weighted by Crippen LogP contribution is 2.46. The summed E-state index contributed by atoms with van der Waals surface area (Å²) in [6, 6.07) is 62.3. The number of fused-ring (bicyclic) bond motifs is 16. The van der Waals surface area contributed by atoms with Gasteiger partial charge in [0, 0.05) is 42.6 Å². The molecule has 14 rings (SSSR count). The van der Waals surface area contributed by atoms with Crippen molar-refractivity contribution >= 4 is 119 Å². The Kier molecular flexibility index (Phi) is 6.38. The van der Waals surface area contributed by atoms with E-state index in [1.807, 2.05) is 12.1 Å². The second kappa shape index (κ2) is 11.9. The van der Waals surface area contributed by atoms with Crippen LogP contribution in [0.1, 0.15) is 0 Å². The summed E-state index contributed by atoms with van der Waals surface area (Å²) in [5.74, 6) is 0.629. The van der Waals surface area contributed by atoms with Gasteiger partial charge >= 0.3 is 0 Å². The van der Waals surface area contributed by atoms with Gasteiger partial charge in [0.25, 0.3) is 0 Å². The van der Waals surface area contributed by atoms with Gasteiger partial charge in [-0.2, -0.15) is 0 Å². The van der Waals surface area contributed by atoms with Crippen molar-refractivity contribution in [3.63, 3.8) is 0 Å². The number of para-hydroxylation sites is 2. The zero-order valence-corrected chi connectivity index (χ0v) is 32.6. The van der Waals surface area contributed by atoms with E-state index in [9.17, 15) is 0 Å². The molecule has 14 aromatic rings. The first-order valence-electron chi connectivity index (χ1n) is 20.1. The van der Waals surface area contributed by atoms with Gasteiger partial charge in [-0.1, -0.05) is 121 Å². The van der Waals surface area contributed by atoms with Gasteiger partial charge in [0.05, 0.1) is 32.3 Å². The van der Waals surface area contributed by atoms with E-state index in [-0.39, 0.29) is 0 Å². The van der Waals surface area contributed by atoms with Gasteiger partial charge in [0.1, 0.15) is 22.3 Å². The first kappa shape index (κ1) is 32.2. The molecule has 0 bridgehead atoms. The molecule has 0 spiro atoms. The standard InChI is InChI=1S/C54H29N3O2S/c1-2-12-31-27-33(22-21-30(31)11-1)50-53-51(39-17-7-10-20-47(39)60-53)56-54(55-50)57-42-18-8-5-16-38(42)49-43(57)26-25-40-48-37-15-4-3-13-34(37)41(29-46(48)59-52(40)49)32-23-24-36-35-14-6-9-19-44(35)58-45(36)28-32/h1-29H. The molecular weight excluding hydrogens is 755 g/mol. The zero-order valence-electron chi connectivity index (χ0n) is 31.8. The fraction of sp³-hybridized carbons (Fsp3) is 0. The molecule has 0 radical (unpaired) electrons. The van der Waals surface area contributed by atoms with Crippen molar-refractivity contribution in [2.24, 2.45) is 0 Å². The maximum absolute atomic E-state index is 7.10. The summed E-state index contributed by atoms with van der Waals surface area (Å²) < 4.78 is 17.9. The molecule has 9 aromatic carbocycles. The summed E-state index contributed by atoms with van der Waals surface area (Å²) in [7, 11) is 0. The van der Waals surface area contributed by atoms with Gasteiger partial charge in [-0.25, -0.2) is 9.97 Å². The Bertz CT molecular complexity index is 4150. The van der Waals surface area contributed by atoms with Crippen molar-refractivity contribution in [1.82, 2.24) is 14.5 Å². The minimum Gasteiger partial charge on any atom is -0.456 e. The van der Waals surface area contributed by atoms with E-state index in [0.29, 0.717) is 5.95 Å². The van der Waals surface area contributed by atoms with Crippen LogP contribution in [0.2, 0.25) is 0 Å². The number of nitrogens with zero attached hydrogens (tertiary/aromatic N) is 3. The minimum absolute atomic E-state index is 0.629. The van der Waals surface area contributed by atoms with Gasteiger partial charge in [-0.3, -0.25) is 4.57 Å². The lowest BCUT2D eigenvalue weighted by atomic mass is 9.94. The molecule has 0 fully saturated rings. The molecule has 0 aliphatic carbocycles. The number of thiophene rings is 1. The van der Waals surface area contributed by atoms with E-state index in [1.165, 1.54) is 15.5 Å². The smallest absolute Gasteiger partial charge is 0.235 e. The number of hydrogen-bond donors (Lipinski definition) is 0. The average Bonchev–Trinajstić information content (AvgIpc) is 4.07. The predicted molar refractivity (Wildman–Crippen MR) is 250 cm³/mol. The van der Waals surface area contributed by atoms with Crippen molar-refractivity contribution in [2.75, 3.05) is 0 Å². The molecule has 278 valence electrons. The van der Waals surface area contributed by atoms with Crippen LogP contribution >= 0.6 is 11.3 Å². The number of benzene rings is 9. The molecule has 5 heterocycles. The summed E-state index contributed by atoms with van der Waals surface area (Å²) in [5, 5.41) is 12.4. The quantitative estimate of drug-likeness (QED) is 0.179. The van der Waals surface area contributed by atoms with Crippen molar-refractivity contribution in [2.45, 2.75) is 0 Å². The SMILES string of the molecule is c1ccc2cc(-c3nc(-n4c5ccccc5c5c6oc7cc(-c8ccc9c(c8)oc8ccccc89)c8ccccc8c7c6ccc54)nc4c3sc3ccccc34)ccc2c1. The van der Waals surface area contributed by atoms with Gasteiger partial charge in [0.2, 0.25) is 5.95 Å². The maximum Gasteiger partial charge on any atom is 0.235 e. The van der Waals surface area contributed by atoms with Crippen LogP contribution in [0.25, 0.3) is 136 Å². The van der Waals surface area contributed by atoms with Crippen molar-refractivity contribution in [3.05, 3.63) is 176 Å². The third-order valence-corrected chi connectivity index (χ3v) is 13.6. The molecular formula is C54H29N3O2S. The van der Waals surface area contributed by atoms with Crippen molar-refractivity contribution < 1.29 is 8.83 Å². The number of rotatable bonds is 3. The summed E-state index contributed by atoms with van der Waals surface area (Å²) >= 11 is 1.75. The molecule has 0 amide bonds. The topological polar surface area (TPSA) is 57.0 Å². The molecule has 6 heteroatoms. The Labute approximate surface area is 345 Å². The van der Waals surface area contributed by atoms with Crippen molar-refractivity contribution in [3.8, 4) is 28.3 Å². The third-order valence-electron chi connectivity index (χ3n) is 12.4. The molecule has 5 nitrogen and oxygen atoms in total. The second-order valence-electron chi connectivity index (χ2n) is 15.7. The zero-order chi connectivity index (χ0) is 39.1. The van der Waals surface area contributed by atoms with Crippen molar-refractivity contribution in [1.29, 1.82) is 0 Å². The lowest BCUT2D eigenvalue weighted by Crippen LogP contribution is -2.02. The fourth-order valence-corrected chi connectivity index (χ4v) is 10.9. The Morgan fingerprint density at radius 1 is 0.433 bits per heavy atom. The Hall–Kier alpha value is -7.80. The Balaban J connectivity index is 1.04. The van der Waals surface area contributed by atoms with Crippen LogP contribution < -0.4 is 0 Å². The molecule has 0 atom stereocenters. The fourth-order valence-electron chi connectivity index (χ4n) is 9.71. The van der Waals surface area contributed by atoms with Crippen LogP contribution in [-0.4, -0.2) is 14.5 Å². The molecule has 0 aliphatic heterocycles. The lowest BCUT2D eigenvalue weighted by Gasteiger charge is -2.10. The molecule has 5 aromatic heterocycles. The maximum atomic E-state index is 7.10. The highest BCUT2D eigenvalue weighted by molar-refractivity contribution is 7.26. The van der Waals surface area contributed by atoms with Crippen LogP contribution in [0.5, 0.6) is 0 Å². The van der Waals surface area contributed by atoms with Crippen LogP contribution in [0.15, 0.2) is 185 Å². The van der Waals surface area contributed by atoms with E-state index >= 15 is 0 Å². The van der Waals surface area contributed by atoms with Gasteiger partial charge in [0.15, 0.2) is 0 Å². The number of aromatic nitrogens is 3. The Morgan fingerprint density at radius 3 is 2.07 bits per heavy atom. The van der Waals surface area contributed by atoms with E-state index in [1.54, 1.807) is 11.3 Å². The molecule has 0 unspecified atom stereocenters. The first-order valence-corrected chi connectivity index (χ1v) is 21.0. The van der Waals surface area contributed by atoms with Gasteiger partial charge in [-0.05, 0) is 87.3 Å². The summed E-state index contributed by atoms with van der Waals surface area (Å²) in [4.78, 5) is 10.9. The Morgan fingerprint density at radius 2 is 1.15 bits per heavy atom. The summed E-state index contributed by atoms with van der Waals surface area (Å²) in [6.07, 6.45) is 0. The van der Waals surface area contributed by atoms with Crippen LogP contribution in [-0.2, 0) is 0 Å². The first-order chi connectivity index (χ1) is 29.7. The number of furan rings is 2. The van der Waals surface area contributed by atoms with E-state index in [2.05, 4.69) is 168 Å². The highest BCUT2D eigenvalue weighted by atomic mass is 32.1. The lowest BCUT2D eigenvalue weighted by molar-refractivity contribution is 0.669. The summed E-state index contributed by atoms with van der Waals surface area (Å²) in [6.45, 7) is 0. The highest BCUT2D eigenvalue weighted by Gasteiger charge is 2.24.